The Kier molecular flexibility index (Phi) is 4.15. The molecule has 5 heteroatoms. The highest BCUT2D eigenvalue weighted by molar-refractivity contribution is 5.39. The normalized spacial score (nSPS) is 22.2. The molecule has 1 fully saturated rings. The Bertz CT molecular complexity index is 419. The van der Waals surface area contributed by atoms with Gasteiger partial charge in [0.25, 0.3) is 0 Å². The highest BCUT2D eigenvalue weighted by Crippen LogP contribution is 2.29. The van der Waals surface area contributed by atoms with E-state index >= 15 is 0 Å². The fraction of sp³-hybridized carbons (Fsp3) is 0.643. The second kappa shape index (κ2) is 6.21. The van der Waals surface area contributed by atoms with E-state index in [9.17, 15) is 0 Å². The van der Waals surface area contributed by atoms with Crippen LogP contribution in [0.4, 0.5) is 0 Å². The fourth-order valence-corrected chi connectivity index (χ4v) is 2.59. The van der Waals surface area contributed by atoms with Crippen molar-refractivity contribution in [1.29, 1.82) is 0 Å². The number of piperidine rings is 1. The number of hydrogen-bond acceptors (Lipinski definition) is 5. The molecule has 19 heavy (non-hydrogen) atoms. The van der Waals surface area contributed by atoms with E-state index in [1.807, 2.05) is 6.07 Å². The molecule has 1 atom stereocenters. The van der Waals surface area contributed by atoms with E-state index in [1.54, 1.807) is 6.20 Å². The lowest BCUT2D eigenvalue weighted by molar-refractivity contribution is 0.170. The number of hydrogen-bond donors (Lipinski definition) is 2. The van der Waals surface area contributed by atoms with Crippen LogP contribution < -0.4 is 20.1 Å². The van der Waals surface area contributed by atoms with Crippen LogP contribution in [0.3, 0.4) is 0 Å². The van der Waals surface area contributed by atoms with Gasteiger partial charge in [0, 0.05) is 12.6 Å². The Morgan fingerprint density at radius 2 is 2.21 bits per heavy atom. The standard InChI is InChI=1S/C14H21N3O2/c1-2-11(7-15-3-1)8-16-9-12-6-13-14(10-17-12)19-5-4-18-13/h6,10-11,15-16H,1-5,7-9H2. The molecular weight excluding hydrogens is 242 g/mol. The van der Waals surface area contributed by atoms with E-state index in [4.69, 9.17) is 9.47 Å². The summed E-state index contributed by atoms with van der Waals surface area (Å²) in [4.78, 5) is 4.39. The van der Waals surface area contributed by atoms with Gasteiger partial charge in [-0.3, -0.25) is 4.98 Å². The van der Waals surface area contributed by atoms with Crippen molar-refractivity contribution >= 4 is 0 Å². The summed E-state index contributed by atoms with van der Waals surface area (Å²) < 4.78 is 11.0. The van der Waals surface area contributed by atoms with E-state index in [1.165, 1.54) is 19.4 Å². The molecule has 1 unspecified atom stereocenters. The molecule has 0 aromatic carbocycles. The average molecular weight is 263 g/mol. The van der Waals surface area contributed by atoms with Gasteiger partial charge in [0.1, 0.15) is 13.2 Å². The van der Waals surface area contributed by atoms with Crippen LogP contribution in [0.2, 0.25) is 0 Å². The summed E-state index contributed by atoms with van der Waals surface area (Å²) in [6.45, 7) is 5.36. The molecule has 5 nitrogen and oxygen atoms in total. The maximum absolute atomic E-state index is 5.56. The van der Waals surface area contributed by atoms with Crippen molar-refractivity contribution in [1.82, 2.24) is 15.6 Å². The zero-order valence-electron chi connectivity index (χ0n) is 11.2. The zero-order valence-corrected chi connectivity index (χ0v) is 11.2. The summed E-state index contributed by atoms with van der Waals surface area (Å²) in [5.74, 6) is 2.31. The van der Waals surface area contributed by atoms with Crippen molar-refractivity contribution in [3.63, 3.8) is 0 Å². The highest BCUT2D eigenvalue weighted by Gasteiger charge is 2.14. The molecule has 2 aliphatic rings. The summed E-state index contributed by atoms with van der Waals surface area (Å²) in [6.07, 6.45) is 4.36. The van der Waals surface area contributed by atoms with Crippen molar-refractivity contribution in [2.24, 2.45) is 5.92 Å². The summed E-state index contributed by atoms with van der Waals surface area (Å²) >= 11 is 0. The number of rotatable bonds is 4. The first-order valence-corrected chi connectivity index (χ1v) is 7.08. The molecule has 0 bridgehead atoms. The Labute approximate surface area is 113 Å². The summed E-state index contributed by atoms with van der Waals surface area (Å²) in [7, 11) is 0. The molecule has 2 aliphatic heterocycles. The molecule has 0 aliphatic carbocycles. The lowest BCUT2D eigenvalue weighted by Gasteiger charge is -2.23. The second-order valence-corrected chi connectivity index (χ2v) is 5.16. The predicted octanol–water partition coefficient (Wildman–Crippen LogP) is 0.942. The first-order valence-electron chi connectivity index (χ1n) is 7.08. The number of pyridine rings is 1. The molecule has 0 saturated carbocycles. The molecule has 1 aromatic heterocycles. The van der Waals surface area contributed by atoms with E-state index in [-0.39, 0.29) is 0 Å². The smallest absolute Gasteiger partial charge is 0.179 e. The van der Waals surface area contributed by atoms with Gasteiger partial charge in [-0.05, 0) is 38.4 Å². The molecular formula is C14H21N3O2. The summed E-state index contributed by atoms with van der Waals surface area (Å²) in [6, 6.07) is 1.97. The van der Waals surface area contributed by atoms with Gasteiger partial charge in [-0.2, -0.15) is 0 Å². The quantitative estimate of drug-likeness (QED) is 0.847. The molecule has 3 rings (SSSR count). The van der Waals surface area contributed by atoms with Crippen LogP contribution in [0.15, 0.2) is 12.3 Å². The number of nitrogens with one attached hydrogen (secondary N) is 2. The van der Waals surface area contributed by atoms with Crippen molar-refractivity contribution in [3.8, 4) is 11.5 Å². The average Bonchev–Trinajstić information content (AvgIpc) is 2.48. The van der Waals surface area contributed by atoms with E-state index in [2.05, 4.69) is 15.6 Å². The van der Waals surface area contributed by atoms with Crippen molar-refractivity contribution in [2.45, 2.75) is 19.4 Å². The van der Waals surface area contributed by atoms with Crippen molar-refractivity contribution < 1.29 is 9.47 Å². The largest absolute Gasteiger partial charge is 0.486 e. The van der Waals surface area contributed by atoms with Gasteiger partial charge in [-0.15, -0.1) is 0 Å². The molecule has 0 amide bonds. The van der Waals surface area contributed by atoms with Crippen LogP contribution in [-0.4, -0.2) is 37.8 Å². The van der Waals surface area contributed by atoms with Crippen LogP contribution in [0.1, 0.15) is 18.5 Å². The molecule has 0 radical (unpaired) electrons. The van der Waals surface area contributed by atoms with Gasteiger partial charge >= 0.3 is 0 Å². The Morgan fingerprint density at radius 3 is 3.05 bits per heavy atom. The van der Waals surface area contributed by atoms with Crippen molar-refractivity contribution in [2.75, 3.05) is 32.8 Å². The van der Waals surface area contributed by atoms with Crippen LogP contribution in [0.5, 0.6) is 11.5 Å². The Morgan fingerprint density at radius 1 is 1.32 bits per heavy atom. The van der Waals surface area contributed by atoms with Crippen molar-refractivity contribution in [3.05, 3.63) is 18.0 Å². The minimum atomic E-state index is 0.612. The number of nitrogens with zero attached hydrogens (tertiary/aromatic N) is 1. The van der Waals surface area contributed by atoms with E-state index in [0.29, 0.717) is 13.2 Å². The lowest BCUT2D eigenvalue weighted by atomic mass is 10.00. The van der Waals surface area contributed by atoms with Crippen LogP contribution >= 0.6 is 0 Å². The molecule has 1 aromatic rings. The molecule has 104 valence electrons. The van der Waals surface area contributed by atoms with Gasteiger partial charge < -0.3 is 20.1 Å². The predicted molar refractivity (Wildman–Crippen MR) is 72.5 cm³/mol. The third kappa shape index (κ3) is 3.36. The van der Waals surface area contributed by atoms with E-state index < -0.39 is 0 Å². The topological polar surface area (TPSA) is 55.4 Å². The maximum Gasteiger partial charge on any atom is 0.179 e. The lowest BCUT2D eigenvalue weighted by Crippen LogP contribution is -2.35. The first kappa shape index (κ1) is 12.7. The third-order valence-corrected chi connectivity index (χ3v) is 3.62. The third-order valence-electron chi connectivity index (χ3n) is 3.62. The minimum absolute atomic E-state index is 0.612. The fourth-order valence-electron chi connectivity index (χ4n) is 2.59. The number of ether oxygens (including phenoxy) is 2. The number of fused-ring (bicyclic) bond motifs is 1. The maximum atomic E-state index is 5.56. The van der Waals surface area contributed by atoms with Gasteiger partial charge in [0.2, 0.25) is 0 Å². The Hall–Kier alpha value is -1.33. The summed E-state index contributed by atoms with van der Waals surface area (Å²) in [5, 5.41) is 6.91. The summed E-state index contributed by atoms with van der Waals surface area (Å²) in [5.41, 5.74) is 1.01. The molecule has 0 spiro atoms. The van der Waals surface area contributed by atoms with Gasteiger partial charge in [-0.25, -0.2) is 0 Å². The number of aromatic nitrogens is 1. The zero-order chi connectivity index (χ0) is 12.9. The van der Waals surface area contributed by atoms with Crippen LogP contribution in [-0.2, 0) is 6.54 Å². The first-order chi connectivity index (χ1) is 9.42. The van der Waals surface area contributed by atoms with Gasteiger partial charge in [0.15, 0.2) is 11.5 Å². The highest BCUT2D eigenvalue weighted by atomic mass is 16.6. The van der Waals surface area contributed by atoms with Gasteiger partial charge in [0.05, 0.1) is 11.9 Å². The second-order valence-electron chi connectivity index (χ2n) is 5.16. The minimum Gasteiger partial charge on any atom is -0.486 e. The van der Waals surface area contributed by atoms with Gasteiger partial charge in [-0.1, -0.05) is 0 Å². The van der Waals surface area contributed by atoms with E-state index in [0.717, 1.165) is 42.7 Å². The molecule has 2 N–H and O–H groups in total. The SMILES string of the molecule is c1nc(CNCC2CCCNC2)cc2c1OCCO2. The Balaban J connectivity index is 1.49. The molecule has 3 heterocycles. The molecule has 1 saturated heterocycles. The monoisotopic (exact) mass is 263 g/mol. The van der Waals surface area contributed by atoms with Crippen LogP contribution in [0.25, 0.3) is 0 Å². The van der Waals surface area contributed by atoms with Crippen LogP contribution in [0, 0.1) is 5.92 Å².